The number of nitrogens with one attached hydrogen (secondary N) is 1. The number of anilines is 1. The Hall–Kier alpha value is -1.31. The molecule has 0 heterocycles. The number of hydrogen-bond donors (Lipinski definition) is 1. The molecule has 0 unspecified atom stereocenters. The molecule has 2 heteroatoms. The molecule has 1 aromatic rings. The minimum Gasteiger partial charge on any atom is -0.379 e. The van der Waals surface area contributed by atoms with Crippen LogP contribution >= 0.6 is 0 Å². The number of hydrogen-bond acceptors (Lipinski definition) is 1. The van der Waals surface area contributed by atoms with Crippen molar-refractivity contribution in [2.24, 2.45) is 0 Å². The van der Waals surface area contributed by atoms with E-state index in [-0.39, 0.29) is 5.82 Å². The van der Waals surface area contributed by atoms with Crippen LogP contribution in [0.3, 0.4) is 0 Å². The third kappa shape index (κ3) is 2.90. The summed E-state index contributed by atoms with van der Waals surface area (Å²) in [5.74, 6) is -0.199. The first-order chi connectivity index (χ1) is 6.24. The zero-order valence-corrected chi connectivity index (χ0v) is 7.97. The molecule has 0 atom stereocenters. The van der Waals surface area contributed by atoms with E-state index < -0.39 is 0 Å². The van der Waals surface area contributed by atoms with Gasteiger partial charge in [0, 0.05) is 6.54 Å². The van der Waals surface area contributed by atoms with Crippen LogP contribution in [0, 0.1) is 12.7 Å². The molecule has 1 rings (SSSR count). The fourth-order valence-corrected chi connectivity index (χ4v) is 1.06. The number of allylic oxidation sites excluding steroid dienone is 1. The number of benzene rings is 1. The first-order valence-electron chi connectivity index (χ1n) is 4.35. The largest absolute Gasteiger partial charge is 0.379 e. The van der Waals surface area contributed by atoms with Gasteiger partial charge in [-0.15, -0.1) is 0 Å². The Bertz CT molecular complexity index is 305. The van der Waals surface area contributed by atoms with E-state index in [9.17, 15) is 4.39 Å². The Kier molecular flexibility index (Phi) is 3.50. The monoisotopic (exact) mass is 179 g/mol. The summed E-state index contributed by atoms with van der Waals surface area (Å²) >= 11 is 0. The Morgan fingerprint density at radius 1 is 1.46 bits per heavy atom. The fourth-order valence-electron chi connectivity index (χ4n) is 1.06. The number of halogens is 1. The van der Waals surface area contributed by atoms with Crippen molar-refractivity contribution in [1.82, 2.24) is 0 Å². The molecule has 0 spiro atoms. The number of aryl methyl sites for hydroxylation is 1. The maximum atomic E-state index is 13.1. The van der Waals surface area contributed by atoms with Crippen LogP contribution in [0.4, 0.5) is 10.1 Å². The van der Waals surface area contributed by atoms with E-state index in [1.54, 1.807) is 12.1 Å². The Morgan fingerprint density at radius 3 is 2.92 bits per heavy atom. The fraction of sp³-hybridized carbons (Fsp3) is 0.273. The Labute approximate surface area is 78.3 Å². The SMILES string of the molecule is C/C=C/CNc1cc(C)ccc1F. The van der Waals surface area contributed by atoms with Crippen molar-refractivity contribution < 1.29 is 4.39 Å². The van der Waals surface area contributed by atoms with Crippen molar-refractivity contribution in [3.63, 3.8) is 0 Å². The van der Waals surface area contributed by atoms with E-state index in [0.29, 0.717) is 12.2 Å². The maximum Gasteiger partial charge on any atom is 0.146 e. The van der Waals surface area contributed by atoms with Gasteiger partial charge in [0.25, 0.3) is 0 Å². The average molecular weight is 179 g/mol. The van der Waals surface area contributed by atoms with E-state index in [1.807, 2.05) is 26.0 Å². The second-order valence-corrected chi connectivity index (χ2v) is 2.93. The molecule has 0 aliphatic heterocycles. The van der Waals surface area contributed by atoms with Crippen molar-refractivity contribution in [1.29, 1.82) is 0 Å². The summed E-state index contributed by atoms with van der Waals surface area (Å²) in [7, 11) is 0. The highest BCUT2D eigenvalue weighted by molar-refractivity contribution is 5.47. The molecule has 0 saturated carbocycles. The molecule has 1 aromatic carbocycles. The molecule has 0 radical (unpaired) electrons. The van der Waals surface area contributed by atoms with Gasteiger partial charge in [0.15, 0.2) is 0 Å². The summed E-state index contributed by atoms with van der Waals surface area (Å²) in [6.45, 7) is 4.55. The van der Waals surface area contributed by atoms with Crippen LogP contribution in [0.5, 0.6) is 0 Å². The lowest BCUT2D eigenvalue weighted by atomic mass is 10.2. The summed E-state index contributed by atoms with van der Waals surface area (Å²) in [6.07, 6.45) is 3.88. The van der Waals surface area contributed by atoms with Crippen LogP contribution in [0.25, 0.3) is 0 Å². The smallest absolute Gasteiger partial charge is 0.146 e. The third-order valence-electron chi connectivity index (χ3n) is 1.77. The third-order valence-corrected chi connectivity index (χ3v) is 1.77. The molecule has 1 N–H and O–H groups in total. The Morgan fingerprint density at radius 2 is 2.23 bits per heavy atom. The molecule has 1 nitrogen and oxygen atoms in total. The normalized spacial score (nSPS) is 10.7. The van der Waals surface area contributed by atoms with Crippen LogP contribution in [0.2, 0.25) is 0 Å². The molecule has 0 aromatic heterocycles. The van der Waals surface area contributed by atoms with Crippen LogP contribution in [-0.2, 0) is 0 Å². The first kappa shape index (κ1) is 9.78. The molecule has 13 heavy (non-hydrogen) atoms. The highest BCUT2D eigenvalue weighted by Crippen LogP contribution is 2.14. The highest BCUT2D eigenvalue weighted by atomic mass is 19.1. The van der Waals surface area contributed by atoms with Gasteiger partial charge in [-0.1, -0.05) is 18.2 Å². The van der Waals surface area contributed by atoms with Crippen molar-refractivity contribution in [2.75, 3.05) is 11.9 Å². The Balaban J connectivity index is 2.69. The molecule has 0 aliphatic carbocycles. The standard InChI is InChI=1S/C11H14FN/c1-3-4-7-13-11-8-9(2)5-6-10(11)12/h3-6,8,13H,7H2,1-2H3/b4-3+. The lowest BCUT2D eigenvalue weighted by molar-refractivity contribution is 0.630. The van der Waals surface area contributed by atoms with Crippen molar-refractivity contribution in [3.8, 4) is 0 Å². The zero-order valence-electron chi connectivity index (χ0n) is 7.97. The number of rotatable bonds is 3. The van der Waals surface area contributed by atoms with Gasteiger partial charge < -0.3 is 5.32 Å². The quantitative estimate of drug-likeness (QED) is 0.703. The summed E-state index contributed by atoms with van der Waals surface area (Å²) in [4.78, 5) is 0. The second kappa shape index (κ2) is 4.65. The molecule has 0 bridgehead atoms. The maximum absolute atomic E-state index is 13.1. The van der Waals surface area contributed by atoms with Crippen molar-refractivity contribution >= 4 is 5.69 Å². The van der Waals surface area contributed by atoms with E-state index in [2.05, 4.69) is 5.32 Å². The van der Waals surface area contributed by atoms with Crippen LogP contribution < -0.4 is 5.32 Å². The summed E-state index contributed by atoms with van der Waals surface area (Å²) < 4.78 is 13.1. The van der Waals surface area contributed by atoms with Gasteiger partial charge in [0.05, 0.1) is 5.69 Å². The summed E-state index contributed by atoms with van der Waals surface area (Å²) in [5.41, 5.74) is 1.63. The van der Waals surface area contributed by atoms with Gasteiger partial charge in [-0.05, 0) is 31.5 Å². The van der Waals surface area contributed by atoms with Gasteiger partial charge in [0.1, 0.15) is 5.82 Å². The van der Waals surface area contributed by atoms with Gasteiger partial charge >= 0.3 is 0 Å². The molecule has 0 amide bonds. The molecular formula is C11H14FN. The lowest BCUT2D eigenvalue weighted by Gasteiger charge is -2.05. The lowest BCUT2D eigenvalue weighted by Crippen LogP contribution is -2.00. The van der Waals surface area contributed by atoms with Crippen LogP contribution in [0.15, 0.2) is 30.4 Å². The first-order valence-corrected chi connectivity index (χ1v) is 4.35. The highest BCUT2D eigenvalue weighted by Gasteiger charge is 1.98. The topological polar surface area (TPSA) is 12.0 Å². The summed E-state index contributed by atoms with van der Waals surface area (Å²) in [5, 5.41) is 2.99. The van der Waals surface area contributed by atoms with Crippen LogP contribution in [0.1, 0.15) is 12.5 Å². The molecular weight excluding hydrogens is 165 g/mol. The van der Waals surface area contributed by atoms with Gasteiger partial charge in [0.2, 0.25) is 0 Å². The van der Waals surface area contributed by atoms with Gasteiger partial charge in [-0.2, -0.15) is 0 Å². The van der Waals surface area contributed by atoms with E-state index >= 15 is 0 Å². The van der Waals surface area contributed by atoms with Gasteiger partial charge in [-0.3, -0.25) is 0 Å². The molecule has 0 aliphatic rings. The molecule has 70 valence electrons. The van der Waals surface area contributed by atoms with E-state index in [4.69, 9.17) is 0 Å². The van der Waals surface area contributed by atoms with Crippen LogP contribution in [-0.4, -0.2) is 6.54 Å². The van der Waals surface area contributed by atoms with Gasteiger partial charge in [-0.25, -0.2) is 4.39 Å². The van der Waals surface area contributed by atoms with Crippen molar-refractivity contribution in [3.05, 3.63) is 41.7 Å². The average Bonchev–Trinajstić information content (AvgIpc) is 2.11. The minimum atomic E-state index is -0.199. The summed E-state index contributed by atoms with van der Waals surface area (Å²) in [6, 6.07) is 5.04. The molecule has 0 fully saturated rings. The second-order valence-electron chi connectivity index (χ2n) is 2.93. The predicted octanol–water partition coefficient (Wildman–Crippen LogP) is 3.12. The van der Waals surface area contributed by atoms with Crippen molar-refractivity contribution in [2.45, 2.75) is 13.8 Å². The predicted molar refractivity (Wildman–Crippen MR) is 54.4 cm³/mol. The zero-order chi connectivity index (χ0) is 9.68. The minimum absolute atomic E-state index is 0.199. The van der Waals surface area contributed by atoms with E-state index in [0.717, 1.165) is 5.56 Å². The van der Waals surface area contributed by atoms with E-state index in [1.165, 1.54) is 6.07 Å². The molecule has 0 saturated heterocycles.